The number of morpholine rings is 1. The van der Waals surface area contributed by atoms with Gasteiger partial charge >= 0.3 is 0 Å². The number of hydrogen-bond acceptors (Lipinski definition) is 5. The van der Waals surface area contributed by atoms with E-state index in [0.717, 1.165) is 70.0 Å². The van der Waals surface area contributed by atoms with E-state index in [2.05, 4.69) is 15.0 Å². The molecule has 1 aromatic heterocycles. The fraction of sp³-hybridized carbons (Fsp3) is 0.588. The number of piperidine rings is 1. The van der Waals surface area contributed by atoms with E-state index in [1.807, 2.05) is 0 Å². The second-order valence-corrected chi connectivity index (χ2v) is 6.47. The molecule has 0 amide bonds. The fourth-order valence-electron chi connectivity index (χ4n) is 3.60. The molecule has 5 nitrogen and oxygen atoms in total. The number of fused-ring (bicyclic) bond motifs is 1. The van der Waals surface area contributed by atoms with E-state index in [0.29, 0.717) is 11.5 Å². The number of aromatic nitrogens is 1. The zero-order valence-corrected chi connectivity index (χ0v) is 13.2. The first-order valence-corrected chi connectivity index (χ1v) is 8.37. The van der Waals surface area contributed by atoms with Gasteiger partial charge in [0.1, 0.15) is 5.82 Å². The molecule has 0 N–H and O–H groups in total. The maximum Gasteiger partial charge on any atom is 0.170 e. The van der Waals surface area contributed by atoms with Gasteiger partial charge in [-0.15, -0.1) is 0 Å². The van der Waals surface area contributed by atoms with Crippen LogP contribution in [0.4, 0.5) is 4.39 Å². The lowest BCUT2D eigenvalue weighted by Gasteiger charge is -2.36. The SMILES string of the molecule is Fc1ccc2c(C3CCN(CN4CCOCC4)CC3)noc2c1. The van der Waals surface area contributed by atoms with Crippen molar-refractivity contribution in [3.63, 3.8) is 0 Å². The van der Waals surface area contributed by atoms with Crippen molar-refractivity contribution in [2.24, 2.45) is 0 Å². The van der Waals surface area contributed by atoms with Gasteiger partial charge in [-0.25, -0.2) is 4.39 Å². The Morgan fingerprint density at radius 1 is 1.09 bits per heavy atom. The number of benzene rings is 1. The van der Waals surface area contributed by atoms with E-state index >= 15 is 0 Å². The number of nitrogens with zero attached hydrogens (tertiary/aromatic N) is 3. The molecular formula is C17H22FN3O2. The van der Waals surface area contributed by atoms with Crippen LogP contribution in [0.15, 0.2) is 22.7 Å². The molecule has 0 spiro atoms. The molecule has 2 aromatic rings. The molecule has 0 atom stereocenters. The number of ether oxygens (including phenoxy) is 1. The van der Waals surface area contributed by atoms with Crippen molar-refractivity contribution in [1.29, 1.82) is 0 Å². The molecule has 1 aromatic carbocycles. The molecule has 0 unspecified atom stereocenters. The van der Waals surface area contributed by atoms with Crippen molar-refractivity contribution in [3.8, 4) is 0 Å². The second-order valence-electron chi connectivity index (χ2n) is 6.47. The number of hydrogen-bond donors (Lipinski definition) is 0. The molecule has 2 aliphatic rings. The molecule has 2 saturated heterocycles. The lowest BCUT2D eigenvalue weighted by Crippen LogP contribution is -2.46. The Labute approximate surface area is 135 Å². The lowest BCUT2D eigenvalue weighted by molar-refractivity contribution is 0.00496. The van der Waals surface area contributed by atoms with Gasteiger partial charge in [0.15, 0.2) is 5.58 Å². The maximum absolute atomic E-state index is 13.3. The van der Waals surface area contributed by atoms with Crippen LogP contribution < -0.4 is 0 Å². The molecule has 6 heteroatoms. The van der Waals surface area contributed by atoms with Crippen molar-refractivity contribution < 1.29 is 13.7 Å². The summed E-state index contributed by atoms with van der Waals surface area (Å²) in [5.74, 6) is 0.128. The third-order valence-electron chi connectivity index (χ3n) is 4.94. The summed E-state index contributed by atoms with van der Waals surface area (Å²) < 4.78 is 24.0. The topological polar surface area (TPSA) is 41.7 Å². The van der Waals surface area contributed by atoms with Crippen LogP contribution in [0.25, 0.3) is 11.0 Å². The highest BCUT2D eigenvalue weighted by Crippen LogP contribution is 2.32. The van der Waals surface area contributed by atoms with Crippen LogP contribution in [-0.2, 0) is 4.74 Å². The first kappa shape index (κ1) is 15.1. The lowest BCUT2D eigenvalue weighted by atomic mass is 9.92. The Balaban J connectivity index is 1.38. The minimum Gasteiger partial charge on any atom is -0.379 e. The fourth-order valence-corrected chi connectivity index (χ4v) is 3.60. The second kappa shape index (κ2) is 6.55. The summed E-state index contributed by atoms with van der Waals surface area (Å²) in [6.45, 7) is 6.91. The standard InChI is InChI=1S/C17H22FN3O2/c18-14-1-2-15-16(11-14)23-19-17(15)13-3-5-20(6-4-13)12-21-7-9-22-10-8-21/h1-2,11,13H,3-10,12H2. The third-order valence-corrected chi connectivity index (χ3v) is 4.94. The maximum atomic E-state index is 13.3. The largest absolute Gasteiger partial charge is 0.379 e. The minimum atomic E-state index is -0.277. The minimum absolute atomic E-state index is 0.277. The summed E-state index contributed by atoms with van der Waals surface area (Å²) in [4.78, 5) is 4.96. The van der Waals surface area contributed by atoms with Crippen molar-refractivity contribution in [2.75, 3.05) is 46.1 Å². The first-order valence-electron chi connectivity index (χ1n) is 8.37. The van der Waals surface area contributed by atoms with Gasteiger partial charge in [0.05, 0.1) is 25.6 Å². The Kier molecular flexibility index (Phi) is 4.29. The van der Waals surface area contributed by atoms with E-state index in [1.165, 1.54) is 12.1 Å². The molecular weight excluding hydrogens is 297 g/mol. The Morgan fingerprint density at radius 3 is 2.61 bits per heavy atom. The highest BCUT2D eigenvalue weighted by molar-refractivity contribution is 5.79. The van der Waals surface area contributed by atoms with Crippen molar-refractivity contribution in [2.45, 2.75) is 18.8 Å². The van der Waals surface area contributed by atoms with E-state index in [1.54, 1.807) is 6.07 Å². The van der Waals surface area contributed by atoms with E-state index < -0.39 is 0 Å². The summed E-state index contributed by atoms with van der Waals surface area (Å²) in [5.41, 5.74) is 1.54. The molecule has 4 rings (SSSR count). The van der Waals surface area contributed by atoms with Crippen LogP contribution in [-0.4, -0.2) is 61.0 Å². The zero-order valence-electron chi connectivity index (χ0n) is 13.2. The zero-order chi connectivity index (χ0) is 15.6. The van der Waals surface area contributed by atoms with E-state index in [-0.39, 0.29) is 5.82 Å². The van der Waals surface area contributed by atoms with Gasteiger partial charge in [-0.2, -0.15) is 0 Å². The summed E-state index contributed by atoms with van der Waals surface area (Å²) in [5, 5.41) is 5.17. The van der Waals surface area contributed by atoms with Crippen LogP contribution in [0, 0.1) is 5.82 Å². The van der Waals surface area contributed by atoms with Crippen LogP contribution in [0.2, 0.25) is 0 Å². The average molecular weight is 319 g/mol. The van der Waals surface area contributed by atoms with Gasteiger partial charge in [-0.1, -0.05) is 5.16 Å². The monoisotopic (exact) mass is 319 g/mol. The predicted octanol–water partition coefficient (Wildman–Crippen LogP) is 2.44. The molecule has 2 aliphatic heterocycles. The summed E-state index contributed by atoms with van der Waals surface area (Å²) in [7, 11) is 0. The smallest absolute Gasteiger partial charge is 0.170 e. The Morgan fingerprint density at radius 2 is 1.83 bits per heavy atom. The highest BCUT2D eigenvalue weighted by Gasteiger charge is 2.26. The average Bonchev–Trinajstić information content (AvgIpc) is 2.99. The van der Waals surface area contributed by atoms with E-state index in [4.69, 9.17) is 9.26 Å². The number of rotatable bonds is 3. The van der Waals surface area contributed by atoms with Gasteiger partial charge in [0, 0.05) is 43.5 Å². The molecule has 0 bridgehead atoms. The van der Waals surface area contributed by atoms with Crippen LogP contribution in [0.3, 0.4) is 0 Å². The molecule has 124 valence electrons. The summed E-state index contributed by atoms with van der Waals surface area (Å²) in [6.07, 6.45) is 2.15. The molecule has 23 heavy (non-hydrogen) atoms. The first-order chi connectivity index (χ1) is 11.3. The summed E-state index contributed by atoms with van der Waals surface area (Å²) >= 11 is 0. The van der Waals surface area contributed by atoms with Gasteiger partial charge in [0.25, 0.3) is 0 Å². The molecule has 0 radical (unpaired) electrons. The van der Waals surface area contributed by atoms with Crippen LogP contribution >= 0.6 is 0 Å². The summed E-state index contributed by atoms with van der Waals surface area (Å²) in [6, 6.07) is 4.69. The van der Waals surface area contributed by atoms with Crippen LogP contribution in [0.5, 0.6) is 0 Å². The molecule has 0 aliphatic carbocycles. The predicted molar refractivity (Wildman–Crippen MR) is 84.8 cm³/mol. The van der Waals surface area contributed by atoms with Crippen molar-refractivity contribution in [3.05, 3.63) is 29.7 Å². The van der Waals surface area contributed by atoms with Crippen LogP contribution in [0.1, 0.15) is 24.5 Å². The third kappa shape index (κ3) is 3.24. The molecule has 0 saturated carbocycles. The number of likely N-dealkylation sites (tertiary alicyclic amines) is 1. The Bertz CT molecular complexity index is 661. The van der Waals surface area contributed by atoms with Gasteiger partial charge in [-0.3, -0.25) is 9.80 Å². The van der Waals surface area contributed by atoms with Gasteiger partial charge in [-0.05, 0) is 25.0 Å². The number of halogens is 1. The van der Waals surface area contributed by atoms with E-state index in [9.17, 15) is 4.39 Å². The highest BCUT2D eigenvalue weighted by atomic mass is 19.1. The Hall–Kier alpha value is -1.50. The molecule has 2 fully saturated rings. The van der Waals surface area contributed by atoms with Crippen molar-refractivity contribution >= 4 is 11.0 Å². The molecule has 3 heterocycles. The normalized spacial score (nSPS) is 22.0. The van der Waals surface area contributed by atoms with Crippen molar-refractivity contribution in [1.82, 2.24) is 15.0 Å². The van der Waals surface area contributed by atoms with Gasteiger partial charge in [0.2, 0.25) is 0 Å². The van der Waals surface area contributed by atoms with Gasteiger partial charge < -0.3 is 9.26 Å². The quantitative estimate of drug-likeness (QED) is 0.869.